The minimum atomic E-state index is 0.311. The van der Waals surface area contributed by atoms with Crippen LogP contribution in [0.25, 0.3) is 0 Å². The summed E-state index contributed by atoms with van der Waals surface area (Å²) in [6.45, 7) is 5.13. The van der Waals surface area contributed by atoms with Crippen LogP contribution in [0.15, 0.2) is 10.5 Å². The molecule has 2 N–H and O–H groups in total. The van der Waals surface area contributed by atoms with E-state index in [2.05, 4.69) is 28.2 Å². The fraction of sp³-hybridized carbons (Fsp3) is 0.538. The van der Waals surface area contributed by atoms with Crippen LogP contribution in [0.2, 0.25) is 0 Å². The molecule has 1 aliphatic rings. The summed E-state index contributed by atoms with van der Waals surface area (Å²) >= 11 is 3.59. The van der Waals surface area contributed by atoms with Crippen molar-refractivity contribution in [2.75, 3.05) is 6.54 Å². The quantitative estimate of drug-likeness (QED) is 0.826. The molecule has 0 spiro atoms. The molecular weight excluding hydrogens is 266 g/mol. The monoisotopic (exact) mass is 283 g/mol. The predicted molar refractivity (Wildman–Crippen MR) is 69.9 cm³/mol. The molecule has 3 heteroatoms. The first-order chi connectivity index (χ1) is 7.61. The van der Waals surface area contributed by atoms with Gasteiger partial charge in [0.25, 0.3) is 0 Å². The van der Waals surface area contributed by atoms with Crippen molar-refractivity contribution in [3.8, 4) is 5.75 Å². The molecule has 1 heterocycles. The van der Waals surface area contributed by atoms with Crippen LogP contribution in [-0.2, 0) is 0 Å². The lowest BCUT2D eigenvalue weighted by atomic mass is 9.92. The number of aromatic hydroxyl groups is 1. The van der Waals surface area contributed by atoms with Crippen LogP contribution in [0.1, 0.15) is 42.0 Å². The Kier molecular flexibility index (Phi) is 3.55. The molecule has 0 amide bonds. The van der Waals surface area contributed by atoms with Gasteiger partial charge in [0, 0.05) is 16.1 Å². The van der Waals surface area contributed by atoms with Gasteiger partial charge in [-0.2, -0.15) is 0 Å². The van der Waals surface area contributed by atoms with Gasteiger partial charge in [0.1, 0.15) is 5.75 Å². The van der Waals surface area contributed by atoms with Gasteiger partial charge in [-0.3, -0.25) is 0 Å². The maximum Gasteiger partial charge on any atom is 0.120 e. The fourth-order valence-electron chi connectivity index (χ4n) is 2.49. The lowest BCUT2D eigenvalue weighted by Crippen LogP contribution is -2.27. The molecule has 1 unspecified atom stereocenters. The van der Waals surface area contributed by atoms with Gasteiger partial charge in [-0.05, 0) is 50.4 Å². The summed E-state index contributed by atoms with van der Waals surface area (Å²) in [6.07, 6.45) is 3.59. The van der Waals surface area contributed by atoms with Crippen molar-refractivity contribution in [1.82, 2.24) is 5.32 Å². The maximum absolute atomic E-state index is 10.1. The first-order valence-electron chi connectivity index (χ1n) is 5.83. The molecule has 0 saturated carbocycles. The Morgan fingerprint density at radius 1 is 1.38 bits per heavy atom. The molecule has 1 fully saturated rings. The molecule has 1 aromatic carbocycles. The summed E-state index contributed by atoms with van der Waals surface area (Å²) in [4.78, 5) is 0. The van der Waals surface area contributed by atoms with Crippen LogP contribution < -0.4 is 5.32 Å². The zero-order valence-electron chi connectivity index (χ0n) is 9.81. The summed E-state index contributed by atoms with van der Waals surface area (Å²) in [5.74, 6) is 0.428. The van der Waals surface area contributed by atoms with Crippen molar-refractivity contribution in [3.63, 3.8) is 0 Å². The predicted octanol–water partition coefficient (Wildman–Crippen LogP) is 3.59. The van der Waals surface area contributed by atoms with Gasteiger partial charge in [0.15, 0.2) is 0 Å². The van der Waals surface area contributed by atoms with Crippen LogP contribution in [0.3, 0.4) is 0 Å². The molecule has 1 saturated heterocycles. The summed E-state index contributed by atoms with van der Waals surface area (Å²) in [6, 6.07) is 2.16. The van der Waals surface area contributed by atoms with Crippen molar-refractivity contribution >= 4 is 15.9 Å². The van der Waals surface area contributed by atoms with E-state index in [0.717, 1.165) is 34.1 Å². The van der Waals surface area contributed by atoms with Crippen molar-refractivity contribution in [3.05, 3.63) is 27.2 Å². The van der Waals surface area contributed by atoms with Crippen LogP contribution in [0.4, 0.5) is 0 Å². The third-order valence-electron chi connectivity index (χ3n) is 3.37. The van der Waals surface area contributed by atoms with E-state index in [4.69, 9.17) is 0 Å². The van der Waals surface area contributed by atoms with Gasteiger partial charge in [0.2, 0.25) is 0 Å². The van der Waals surface area contributed by atoms with Crippen molar-refractivity contribution < 1.29 is 5.11 Å². The normalized spacial score (nSPS) is 21.1. The number of benzene rings is 1. The molecule has 1 aliphatic heterocycles. The zero-order chi connectivity index (χ0) is 11.7. The van der Waals surface area contributed by atoms with E-state index >= 15 is 0 Å². The second kappa shape index (κ2) is 4.76. The molecule has 0 aromatic heterocycles. The number of halogens is 1. The number of piperidine rings is 1. The van der Waals surface area contributed by atoms with Gasteiger partial charge < -0.3 is 10.4 Å². The van der Waals surface area contributed by atoms with E-state index in [0.29, 0.717) is 11.8 Å². The fourth-order valence-corrected chi connectivity index (χ4v) is 2.82. The second-order valence-corrected chi connectivity index (χ2v) is 5.36. The van der Waals surface area contributed by atoms with E-state index in [-0.39, 0.29) is 0 Å². The Hall–Kier alpha value is -0.540. The van der Waals surface area contributed by atoms with Crippen LogP contribution in [0.5, 0.6) is 5.75 Å². The van der Waals surface area contributed by atoms with Gasteiger partial charge in [-0.1, -0.05) is 22.4 Å². The van der Waals surface area contributed by atoms with Crippen molar-refractivity contribution in [2.24, 2.45) is 0 Å². The lowest BCUT2D eigenvalue weighted by molar-refractivity contribution is 0.389. The van der Waals surface area contributed by atoms with Crippen molar-refractivity contribution in [2.45, 2.75) is 39.2 Å². The molecule has 88 valence electrons. The SMILES string of the molecule is Cc1cc(O)c(C2CCCCN2)c(C)c1Br. The molecule has 2 nitrogen and oxygen atoms in total. The standard InChI is InChI=1S/C13H18BrNO/c1-8-7-11(16)12(9(2)13(8)14)10-5-3-4-6-15-10/h7,10,15-16H,3-6H2,1-2H3. The topological polar surface area (TPSA) is 32.3 Å². The third kappa shape index (κ3) is 2.11. The number of hydrogen-bond donors (Lipinski definition) is 2. The maximum atomic E-state index is 10.1. The summed E-state index contributed by atoms with van der Waals surface area (Å²) in [5.41, 5.74) is 3.32. The second-order valence-electron chi connectivity index (χ2n) is 4.57. The Bertz CT molecular complexity index is 397. The molecule has 0 radical (unpaired) electrons. The largest absolute Gasteiger partial charge is 0.508 e. The van der Waals surface area contributed by atoms with Gasteiger partial charge in [-0.25, -0.2) is 0 Å². The number of rotatable bonds is 1. The molecule has 0 aliphatic carbocycles. The Labute approximate surface area is 105 Å². The van der Waals surface area contributed by atoms with Crippen LogP contribution in [0, 0.1) is 13.8 Å². The zero-order valence-corrected chi connectivity index (χ0v) is 11.4. The number of phenolic OH excluding ortho intramolecular Hbond substituents is 1. The Morgan fingerprint density at radius 3 is 2.75 bits per heavy atom. The highest BCUT2D eigenvalue weighted by atomic mass is 79.9. The highest BCUT2D eigenvalue weighted by Crippen LogP contribution is 2.37. The number of aryl methyl sites for hydroxylation is 1. The van der Waals surface area contributed by atoms with E-state index in [1.807, 2.05) is 13.0 Å². The lowest BCUT2D eigenvalue weighted by Gasteiger charge is -2.26. The molecule has 1 aromatic rings. The highest BCUT2D eigenvalue weighted by molar-refractivity contribution is 9.10. The summed E-state index contributed by atoms with van der Waals surface area (Å²) in [5, 5.41) is 13.6. The minimum Gasteiger partial charge on any atom is -0.508 e. The number of phenols is 1. The Morgan fingerprint density at radius 2 is 2.12 bits per heavy atom. The van der Waals surface area contributed by atoms with E-state index in [9.17, 15) is 5.11 Å². The molecular formula is C13H18BrNO. The molecule has 1 atom stereocenters. The van der Waals surface area contributed by atoms with E-state index in [1.54, 1.807) is 0 Å². The van der Waals surface area contributed by atoms with Crippen molar-refractivity contribution in [1.29, 1.82) is 0 Å². The Balaban J connectivity index is 2.42. The third-order valence-corrected chi connectivity index (χ3v) is 4.59. The number of nitrogens with one attached hydrogen (secondary N) is 1. The summed E-state index contributed by atoms with van der Waals surface area (Å²) < 4.78 is 1.12. The first kappa shape index (κ1) is 11.9. The van der Waals surface area contributed by atoms with Crippen LogP contribution >= 0.6 is 15.9 Å². The average Bonchev–Trinajstić information content (AvgIpc) is 2.28. The van der Waals surface area contributed by atoms with Gasteiger partial charge >= 0.3 is 0 Å². The smallest absolute Gasteiger partial charge is 0.120 e. The molecule has 2 rings (SSSR count). The first-order valence-corrected chi connectivity index (χ1v) is 6.62. The highest BCUT2D eigenvalue weighted by Gasteiger charge is 2.21. The van der Waals surface area contributed by atoms with Gasteiger partial charge in [-0.15, -0.1) is 0 Å². The number of hydrogen-bond acceptors (Lipinski definition) is 2. The summed E-state index contributed by atoms with van der Waals surface area (Å²) in [7, 11) is 0. The molecule has 16 heavy (non-hydrogen) atoms. The van der Waals surface area contributed by atoms with E-state index < -0.39 is 0 Å². The van der Waals surface area contributed by atoms with Crippen LogP contribution in [-0.4, -0.2) is 11.7 Å². The molecule has 0 bridgehead atoms. The van der Waals surface area contributed by atoms with Gasteiger partial charge in [0.05, 0.1) is 0 Å². The van der Waals surface area contributed by atoms with E-state index in [1.165, 1.54) is 12.8 Å². The minimum absolute atomic E-state index is 0.311. The average molecular weight is 284 g/mol.